The lowest BCUT2D eigenvalue weighted by atomic mass is 10.1. The first-order chi connectivity index (χ1) is 17.0. The molecule has 0 spiro atoms. The number of nitrogens with zero attached hydrogens (tertiary/aromatic N) is 5. The summed E-state index contributed by atoms with van der Waals surface area (Å²) in [5.41, 5.74) is 9.27. The van der Waals surface area contributed by atoms with Crippen molar-refractivity contribution in [2.24, 2.45) is 0 Å². The zero-order valence-corrected chi connectivity index (χ0v) is 20.2. The van der Waals surface area contributed by atoms with E-state index in [4.69, 9.17) is 10.7 Å². The number of anilines is 2. The fourth-order valence-corrected chi connectivity index (χ4v) is 4.58. The number of nitrogens with one attached hydrogen (secondary N) is 1. The Hall–Kier alpha value is -4.07. The fraction of sp³-hybridized carbons (Fsp3) is 0.240. The first kappa shape index (κ1) is 24.1. The number of fused-ring (bicyclic) bond motifs is 1. The van der Waals surface area contributed by atoms with Crippen LogP contribution in [0.1, 0.15) is 42.0 Å². The van der Waals surface area contributed by atoms with Gasteiger partial charge >= 0.3 is 0 Å². The number of likely N-dealkylation sites (tertiary alicyclic amines) is 1. The lowest BCUT2D eigenvalue weighted by molar-refractivity contribution is -0.103. The number of benzene rings is 1. The maximum atomic E-state index is 12.4. The van der Waals surface area contributed by atoms with Gasteiger partial charge in [-0.2, -0.15) is 0 Å². The Balaban J connectivity index is 0.000000527. The number of thiazole rings is 1. The smallest absolute Gasteiger partial charge is 0.257 e. The van der Waals surface area contributed by atoms with Crippen LogP contribution in [0.3, 0.4) is 0 Å². The van der Waals surface area contributed by atoms with Gasteiger partial charge in [0.25, 0.3) is 5.91 Å². The van der Waals surface area contributed by atoms with Crippen LogP contribution >= 0.6 is 11.3 Å². The Morgan fingerprint density at radius 3 is 2.66 bits per heavy atom. The Labute approximate surface area is 207 Å². The zero-order valence-electron chi connectivity index (χ0n) is 19.4. The van der Waals surface area contributed by atoms with Gasteiger partial charge in [-0.15, -0.1) is 11.3 Å². The molecular formula is C25H25N7O2S. The SMILES string of the molecule is CC#CC=O.CN1CCC[C@H]1c1nc(-c2ccc(C(=O)Nc3nccs3)cc2)c2c(N)nccn12. The van der Waals surface area contributed by atoms with Crippen LogP contribution in [0.25, 0.3) is 16.8 Å². The second kappa shape index (κ2) is 10.9. The molecule has 0 aliphatic carbocycles. The Morgan fingerprint density at radius 2 is 2.06 bits per heavy atom. The van der Waals surface area contributed by atoms with Gasteiger partial charge < -0.3 is 5.73 Å². The number of rotatable bonds is 4. The minimum absolute atomic E-state index is 0.194. The highest BCUT2D eigenvalue weighted by Crippen LogP contribution is 2.35. The van der Waals surface area contributed by atoms with Crippen molar-refractivity contribution in [3.05, 3.63) is 59.6 Å². The molecule has 0 radical (unpaired) electrons. The van der Waals surface area contributed by atoms with Gasteiger partial charge in [-0.3, -0.25) is 24.2 Å². The average Bonchev–Trinajstić information content (AvgIpc) is 3.61. The van der Waals surface area contributed by atoms with Crippen molar-refractivity contribution in [1.82, 2.24) is 24.3 Å². The number of carbonyl (C=O) groups is 2. The molecule has 1 aromatic carbocycles. The van der Waals surface area contributed by atoms with E-state index in [0.29, 0.717) is 22.8 Å². The molecule has 0 saturated carbocycles. The molecule has 35 heavy (non-hydrogen) atoms. The van der Waals surface area contributed by atoms with E-state index >= 15 is 0 Å². The average molecular weight is 488 g/mol. The van der Waals surface area contributed by atoms with Crippen molar-refractivity contribution >= 4 is 40.0 Å². The number of carbonyl (C=O) groups excluding carboxylic acids is 2. The first-order valence-electron chi connectivity index (χ1n) is 11.0. The van der Waals surface area contributed by atoms with E-state index in [9.17, 15) is 9.59 Å². The van der Waals surface area contributed by atoms with Crippen molar-refractivity contribution in [3.63, 3.8) is 0 Å². The largest absolute Gasteiger partial charge is 0.382 e. The molecule has 0 unspecified atom stereocenters. The quantitative estimate of drug-likeness (QED) is 0.333. The van der Waals surface area contributed by atoms with E-state index in [-0.39, 0.29) is 11.9 Å². The summed E-state index contributed by atoms with van der Waals surface area (Å²) in [6, 6.07) is 7.62. The Morgan fingerprint density at radius 1 is 1.26 bits per heavy atom. The molecule has 4 aromatic rings. The number of hydrogen-bond donors (Lipinski definition) is 2. The molecular weight excluding hydrogens is 462 g/mol. The third kappa shape index (κ3) is 5.21. The molecule has 0 bridgehead atoms. The monoisotopic (exact) mass is 487 g/mol. The number of amides is 1. The van der Waals surface area contributed by atoms with Crippen LogP contribution in [-0.4, -0.2) is 50.0 Å². The van der Waals surface area contributed by atoms with Gasteiger partial charge in [0.1, 0.15) is 22.9 Å². The second-order valence-electron chi connectivity index (χ2n) is 7.87. The molecule has 4 heterocycles. The molecule has 10 heteroatoms. The summed E-state index contributed by atoms with van der Waals surface area (Å²) in [7, 11) is 2.12. The minimum Gasteiger partial charge on any atom is -0.382 e. The van der Waals surface area contributed by atoms with Gasteiger partial charge in [0.2, 0.25) is 0 Å². The van der Waals surface area contributed by atoms with Gasteiger partial charge in [0, 0.05) is 35.1 Å². The van der Waals surface area contributed by atoms with Crippen LogP contribution in [0.5, 0.6) is 0 Å². The molecule has 1 amide bonds. The van der Waals surface area contributed by atoms with E-state index in [1.54, 1.807) is 31.5 Å². The summed E-state index contributed by atoms with van der Waals surface area (Å²) in [6.45, 7) is 2.67. The molecule has 3 aromatic heterocycles. The number of nitrogens with two attached hydrogens (primary N) is 1. The van der Waals surface area contributed by atoms with Gasteiger partial charge in [-0.25, -0.2) is 15.0 Å². The summed E-state index contributed by atoms with van der Waals surface area (Å²) >= 11 is 1.38. The summed E-state index contributed by atoms with van der Waals surface area (Å²) < 4.78 is 2.05. The topological polar surface area (TPSA) is 119 Å². The van der Waals surface area contributed by atoms with E-state index in [1.807, 2.05) is 28.1 Å². The molecule has 178 valence electrons. The predicted octanol–water partition coefficient (Wildman–Crippen LogP) is 3.66. The van der Waals surface area contributed by atoms with E-state index < -0.39 is 0 Å². The predicted molar refractivity (Wildman–Crippen MR) is 137 cm³/mol. The van der Waals surface area contributed by atoms with Gasteiger partial charge in [0.15, 0.2) is 11.4 Å². The van der Waals surface area contributed by atoms with Crippen LogP contribution in [0.4, 0.5) is 10.9 Å². The van der Waals surface area contributed by atoms with Gasteiger partial charge in [-0.1, -0.05) is 18.1 Å². The van der Waals surface area contributed by atoms with Crippen molar-refractivity contribution < 1.29 is 9.59 Å². The highest BCUT2D eigenvalue weighted by atomic mass is 32.1. The maximum Gasteiger partial charge on any atom is 0.257 e. The fourth-order valence-electron chi connectivity index (χ4n) is 4.05. The third-order valence-corrected chi connectivity index (χ3v) is 6.39. The normalized spacial score (nSPS) is 15.1. The van der Waals surface area contributed by atoms with Gasteiger partial charge in [-0.05, 0) is 51.4 Å². The van der Waals surface area contributed by atoms with Crippen LogP contribution in [-0.2, 0) is 4.79 Å². The molecule has 1 aliphatic rings. The minimum atomic E-state index is -0.194. The number of imidazole rings is 1. The molecule has 9 nitrogen and oxygen atoms in total. The molecule has 1 fully saturated rings. The molecule has 3 N–H and O–H groups in total. The summed E-state index contributed by atoms with van der Waals surface area (Å²) in [5.74, 6) is 5.80. The Bertz CT molecular complexity index is 1390. The second-order valence-corrected chi connectivity index (χ2v) is 8.76. The lowest BCUT2D eigenvalue weighted by Crippen LogP contribution is -2.19. The summed E-state index contributed by atoms with van der Waals surface area (Å²) in [6.07, 6.45) is 8.06. The lowest BCUT2D eigenvalue weighted by Gasteiger charge is -2.18. The number of aromatic nitrogens is 4. The number of aldehydes is 1. The molecule has 1 saturated heterocycles. The van der Waals surface area contributed by atoms with E-state index in [1.165, 1.54) is 11.3 Å². The van der Waals surface area contributed by atoms with Gasteiger partial charge in [0.05, 0.1) is 6.04 Å². The molecule has 1 aliphatic heterocycles. The Kier molecular flexibility index (Phi) is 7.50. The number of nitrogen functional groups attached to an aromatic ring is 1. The van der Waals surface area contributed by atoms with Crippen LogP contribution in [0, 0.1) is 11.8 Å². The number of hydrogen-bond acceptors (Lipinski definition) is 8. The highest BCUT2D eigenvalue weighted by molar-refractivity contribution is 7.13. The van der Waals surface area contributed by atoms with Crippen molar-refractivity contribution in [2.75, 3.05) is 24.6 Å². The van der Waals surface area contributed by atoms with Crippen molar-refractivity contribution in [2.45, 2.75) is 25.8 Å². The van der Waals surface area contributed by atoms with E-state index in [0.717, 1.165) is 42.0 Å². The van der Waals surface area contributed by atoms with E-state index in [2.05, 4.69) is 39.1 Å². The first-order valence-corrected chi connectivity index (χ1v) is 11.9. The van der Waals surface area contributed by atoms with Crippen LogP contribution < -0.4 is 11.1 Å². The third-order valence-electron chi connectivity index (χ3n) is 5.71. The highest BCUT2D eigenvalue weighted by Gasteiger charge is 2.28. The maximum absolute atomic E-state index is 12.4. The molecule has 1 atom stereocenters. The van der Waals surface area contributed by atoms with Crippen LogP contribution in [0.2, 0.25) is 0 Å². The molecule has 5 rings (SSSR count). The summed E-state index contributed by atoms with van der Waals surface area (Å²) in [5, 5.41) is 5.19. The van der Waals surface area contributed by atoms with Crippen molar-refractivity contribution in [3.8, 4) is 23.1 Å². The summed E-state index contributed by atoms with van der Waals surface area (Å²) in [4.78, 5) is 37.3. The van der Waals surface area contributed by atoms with Crippen LogP contribution in [0.15, 0.2) is 48.2 Å². The standard InChI is InChI=1S/C21H21N7OS.C4H4O/c1-27-10-2-3-15(27)19-25-16(17-18(22)23-8-11-28(17)19)13-4-6-14(7-5-13)20(29)26-21-24-9-12-30-21;1-2-3-4-5/h4-9,11-12,15H,2-3,10H2,1H3,(H2,22,23)(H,24,26,29);4H,1H3/t15-;/m0./s1. The van der Waals surface area contributed by atoms with Crippen molar-refractivity contribution in [1.29, 1.82) is 0 Å². The zero-order chi connectivity index (χ0) is 24.8.